The zero-order valence-electron chi connectivity index (χ0n) is 21.3. The maximum absolute atomic E-state index is 13.0. The summed E-state index contributed by atoms with van der Waals surface area (Å²) in [5.74, 6) is 1.89. The lowest BCUT2D eigenvalue weighted by molar-refractivity contribution is -0.129. The normalized spacial score (nSPS) is 13.4. The van der Waals surface area contributed by atoms with Gasteiger partial charge >= 0.3 is 0 Å². The Hall–Kier alpha value is -4.17. The van der Waals surface area contributed by atoms with Crippen LogP contribution in [0.25, 0.3) is 22.3 Å². The predicted molar refractivity (Wildman–Crippen MR) is 149 cm³/mol. The minimum absolute atomic E-state index is 0.0687. The van der Waals surface area contributed by atoms with Crippen molar-refractivity contribution in [2.24, 2.45) is 0 Å². The SMILES string of the molecule is COc1ccc(CNC(=O)c2ccc3c(N4CCN(C(C)=O)CC4)nc(-c4ccccc4Cl)nc3c2)cc1. The van der Waals surface area contributed by atoms with E-state index in [-0.39, 0.29) is 11.8 Å². The third kappa shape index (κ3) is 5.40. The quantitative estimate of drug-likeness (QED) is 0.394. The van der Waals surface area contributed by atoms with Crippen LogP contribution in [0.15, 0.2) is 66.7 Å². The summed E-state index contributed by atoms with van der Waals surface area (Å²) in [6.45, 7) is 4.52. The second-order valence-electron chi connectivity index (χ2n) is 9.11. The number of carbonyl (C=O) groups excluding carboxylic acids is 2. The molecule has 5 rings (SSSR count). The van der Waals surface area contributed by atoms with E-state index in [2.05, 4.69) is 10.2 Å². The largest absolute Gasteiger partial charge is 0.497 e. The third-order valence-corrected chi connectivity index (χ3v) is 7.02. The van der Waals surface area contributed by atoms with Crippen LogP contribution in [0.2, 0.25) is 5.02 Å². The number of nitrogens with zero attached hydrogens (tertiary/aromatic N) is 4. The molecular weight excluding hydrogens is 502 g/mol. The lowest BCUT2D eigenvalue weighted by atomic mass is 10.1. The molecule has 0 aliphatic carbocycles. The Morgan fingerprint density at radius 3 is 2.39 bits per heavy atom. The molecule has 0 atom stereocenters. The molecule has 38 heavy (non-hydrogen) atoms. The molecule has 1 aromatic heterocycles. The van der Waals surface area contributed by atoms with Crippen LogP contribution in [0, 0.1) is 0 Å². The van der Waals surface area contributed by atoms with Gasteiger partial charge in [-0.05, 0) is 48.0 Å². The molecule has 1 N–H and O–H groups in total. The molecular formula is C29H28ClN5O3. The van der Waals surface area contributed by atoms with Gasteiger partial charge in [-0.15, -0.1) is 0 Å². The Balaban J connectivity index is 1.47. The second kappa shape index (κ2) is 11.1. The molecule has 3 aromatic carbocycles. The van der Waals surface area contributed by atoms with Gasteiger partial charge in [-0.2, -0.15) is 0 Å². The van der Waals surface area contributed by atoms with E-state index in [1.54, 1.807) is 32.2 Å². The molecule has 1 saturated heterocycles. The lowest BCUT2D eigenvalue weighted by Gasteiger charge is -2.35. The molecule has 2 heterocycles. The highest BCUT2D eigenvalue weighted by Crippen LogP contribution is 2.32. The van der Waals surface area contributed by atoms with Crippen LogP contribution in [0.4, 0.5) is 5.82 Å². The topological polar surface area (TPSA) is 87.7 Å². The van der Waals surface area contributed by atoms with E-state index < -0.39 is 0 Å². The smallest absolute Gasteiger partial charge is 0.251 e. The average molecular weight is 530 g/mol. The number of anilines is 1. The molecule has 0 unspecified atom stereocenters. The molecule has 0 saturated carbocycles. The fraction of sp³-hybridized carbons (Fsp3) is 0.241. The summed E-state index contributed by atoms with van der Waals surface area (Å²) in [5, 5.41) is 4.36. The van der Waals surface area contributed by atoms with Crippen molar-refractivity contribution in [2.75, 3.05) is 38.2 Å². The molecule has 2 amide bonds. The first kappa shape index (κ1) is 25.5. The number of fused-ring (bicyclic) bond motifs is 1. The Bertz CT molecular complexity index is 1480. The maximum Gasteiger partial charge on any atom is 0.251 e. The fourth-order valence-electron chi connectivity index (χ4n) is 4.52. The average Bonchev–Trinajstić information content (AvgIpc) is 2.95. The number of hydrogen-bond donors (Lipinski definition) is 1. The molecule has 0 spiro atoms. The summed E-state index contributed by atoms with van der Waals surface area (Å²) < 4.78 is 5.19. The number of nitrogens with one attached hydrogen (secondary N) is 1. The van der Waals surface area contributed by atoms with Gasteiger partial charge < -0.3 is 19.9 Å². The van der Waals surface area contributed by atoms with Gasteiger partial charge in [-0.25, -0.2) is 9.97 Å². The van der Waals surface area contributed by atoms with Gasteiger partial charge in [0.05, 0.1) is 17.6 Å². The van der Waals surface area contributed by atoms with Gasteiger partial charge in [-0.1, -0.05) is 35.9 Å². The highest BCUT2D eigenvalue weighted by Gasteiger charge is 2.23. The molecule has 4 aromatic rings. The zero-order valence-corrected chi connectivity index (χ0v) is 22.0. The van der Waals surface area contributed by atoms with Crippen molar-refractivity contribution in [1.82, 2.24) is 20.2 Å². The number of benzene rings is 3. The first-order valence-corrected chi connectivity index (χ1v) is 12.8. The Kier molecular flexibility index (Phi) is 7.42. The standard InChI is InChI=1S/C29H28ClN5O3/c1-19(36)34-13-15-35(16-14-34)28-24-12-9-21(29(37)31-18-20-7-10-22(38-2)11-8-20)17-26(24)32-27(33-28)23-5-3-4-6-25(23)30/h3-12,17H,13-16,18H2,1-2H3,(H,31,37). The molecule has 1 aliphatic rings. The summed E-state index contributed by atoms with van der Waals surface area (Å²) in [7, 11) is 1.62. The Morgan fingerprint density at radius 2 is 1.71 bits per heavy atom. The second-order valence-corrected chi connectivity index (χ2v) is 9.51. The van der Waals surface area contributed by atoms with Crippen molar-refractivity contribution >= 4 is 40.1 Å². The number of halogens is 1. The molecule has 194 valence electrons. The number of rotatable bonds is 6. The highest BCUT2D eigenvalue weighted by atomic mass is 35.5. The van der Waals surface area contributed by atoms with E-state index in [0.717, 1.165) is 22.5 Å². The van der Waals surface area contributed by atoms with E-state index in [4.69, 9.17) is 26.3 Å². The highest BCUT2D eigenvalue weighted by molar-refractivity contribution is 6.33. The van der Waals surface area contributed by atoms with Crippen molar-refractivity contribution in [3.63, 3.8) is 0 Å². The van der Waals surface area contributed by atoms with Crippen molar-refractivity contribution in [3.05, 3.63) is 82.9 Å². The zero-order chi connectivity index (χ0) is 26.6. The predicted octanol–water partition coefficient (Wildman–Crippen LogP) is 4.56. The van der Waals surface area contributed by atoms with Crippen molar-refractivity contribution in [1.29, 1.82) is 0 Å². The monoisotopic (exact) mass is 529 g/mol. The molecule has 0 bridgehead atoms. The van der Waals surface area contributed by atoms with Crippen LogP contribution in [0.3, 0.4) is 0 Å². The first-order valence-electron chi connectivity index (χ1n) is 12.4. The van der Waals surface area contributed by atoms with E-state index in [0.29, 0.717) is 60.2 Å². The summed E-state index contributed by atoms with van der Waals surface area (Å²) >= 11 is 6.49. The van der Waals surface area contributed by atoms with E-state index in [1.165, 1.54) is 0 Å². The van der Waals surface area contributed by atoms with Crippen LogP contribution in [-0.2, 0) is 11.3 Å². The number of piperazine rings is 1. The van der Waals surface area contributed by atoms with Crippen LogP contribution >= 0.6 is 11.6 Å². The summed E-state index contributed by atoms with van der Waals surface area (Å²) in [4.78, 5) is 38.6. The minimum atomic E-state index is -0.197. The van der Waals surface area contributed by atoms with Crippen LogP contribution in [-0.4, -0.2) is 60.0 Å². The van der Waals surface area contributed by atoms with Crippen LogP contribution < -0.4 is 15.0 Å². The van der Waals surface area contributed by atoms with E-state index in [9.17, 15) is 9.59 Å². The summed E-state index contributed by atoms with van der Waals surface area (Å²) in [6, 6.07) is 20.5. The number of aromatic nitrogens is 2. The minimum Gasteiger partial charge on any atom is -0.497 e. The number of carbonyl (C=O) groups is 2. The fourth-order valence-corrected chi connectivity index (χ4v) is 4.74. The first-order chi connectivity index (χ1) is 18.4. The summed E-state index contributed by atoms with van der Waals surface area (Å²) in [6.07, 6.45) is 0. The van der Waals surface area contributed by atoms with Gasteiger partial charge in [-0.3, -0.25) is 9.59 Å². The van der Waals surface area contributed by atoms with Crippen molar-refractivity contribution in [3.8, 4) is 17.1 Å². The third-order valence-electron chi connectivity index (χ3n) is 6.69. The maximum atomic E-state index is 13.0. The molecule has 9 heteroatoms. The van der Waals surface area contributed by atoms with E-state index >= 15 is 0 Å². The summed E-state index contributed by atoms with van der Waals surface area (Å²) in [5.41, 5.74) is 2.84. The van der Waals surface area contributed by atoms with E-state index in [1.807, 2.05) is 53.4 Å². The molecule has 8 nitrogen and oxygen atoms in total. The van der Waals surface area contributed by atoms with Gasteiger partial charge in [0.25, 0.3) is 5.91 Å². The molecule has 0 radical (unpaired) electrons. The number of hydrogen-bond acceptors (Lipinski definition) is 6. The number of methoxy groups -OCH3 is 1. The Labute approximate surface area is 226 Å². The lowest BCUT2D eigenvalue weighted by Crippen LogP contribution is -2.48. The number of ether oxygens (including phenoxy) is 1. The van der Waals surface area contributed by atoms with Crippen LogP contribution in [0.1, 0.15) is 22.8 Å². The molecule has 1 fully saturated rings. The van der Waals surface area contributed by atoms with Crippen molar-refractivity contribution in [2.45, 2.75) is 13.5 Å². The molecule has 1 aliphatic heterocycles. The van der Waals surface area contributed by atoms with Gasteiger partial charge in [0, 0.05) is 56.2 Å². The van der Waals surface area contributed by atoms with Crippen LogP contribution in [0.5, 0.6) is 5.75 Å². The Morgan fingerprint density at radius 1 is 0.974 bits per heavy atom. The van der Waals surface area contributed by atoms with Crippen molar-refractivity contribution < 1.29 is 14.3 Å². The van der Waals surface area contributed by atoms with Gasteiger partial charge in [0.1, 0.15) is 11.6 Å². The van der Waals surface area contributed by atoms with Gasteiger partial charge in [0.2, 0.25) is 5.91 Å². The number of amides is 2. The van der Waals surface area contributed by atoms with Gasteiger partial charge in [0.15, 0.2) is 5.82 Å².